The number of halogens is 1. The first-order valence-corrected chi connectivity index (χ1v) is 7.21. The molecule has 0 aliphatic rings. The van der Waals surface area contributed by atoms with Crippen molar-refractivity contribution in [2.75, 3.05) is 23.7 Å². The SMILES string of the molecule is CCCNc1ccnc(NCCc2cccc(Cl)c2)n1. The molecule has 2 rings (SSSR count). The molecule has 0 saturated carbocycles. The summed E-state index contributed by atoms with van der Waals surface area (Å²) in [7, 11) is 0. The first-order valence-electron chi connectivity index (χ1n) is 6.83. The monoisotopic (exact) mass is 290 g/mol. The smallest absolute Gasteiger partial charge is 0.224 e. The summed E-state index contributed by atoms with van der Waals surface area (Å²) in [5.74, 6) is 1.50. The molecular weight excluding hydrogens is 272 g/mol. The summed E-state index contributed by atoms with van der Waals surface area (Å²) in [6.07, 6.45) is 3.71. The lowest BCUT2D eigenvalue weighted by atomic mass is 10.1. The largest absolute Gasteiger partial charge is 0.370 e. The van der Waals surface area contributed by atoms with Crippen molar-refractivity contribution in [2.45, 2.75) is 19.8 Å². The van der Waals surface area contributed by atoms with E-state index in [2.05, 4.69) is 33.6 Å². The van der Waals surface area contributed by atoms with Crippen LogP contribution in [-0.2, 0) is 6.42 Å². The molecule has 1 aromatic heterocycles. The van der Waals surface area contributed by atoms with E-state index in [-0.39, 0.29) is 0 Å². The van der Waals surface area contributed by atoms with E-state index in [0.29, 0.717) is 5.95 Å². The van der Waals surface area contributed by atoms with Crippen LogP contribution in [-0.4, -0.2) is 23.1 Å². The van der Waals surface area contributed by atoms with E-state index in [1.165, 1.54) is 5.56 Å². The molecule has 4 nitrogen and oxygen atoms in total. The predicted molar refractivity (Wildman–Crippen MR) is 84.5 cm³/mol. The number of aromatic nitrogens is 2. The third-order valence-electron chi connectivity index (χ3n) is 2.80. The Kier molecular flexibility index (Phi) is 5.62. The maximum Gasteiger partial charge on any atom is 0.224 e. The third kappa shape index (κ3) is 4.70. The minimum Gasteiger partial charge on any atom is -0.370 e. The lowest BCUT2D eigenvalue weighted by Crippen LogP contribution is -2.09. The maximum absolute atomic E-state index is 5.96. The normalized spacial score (nSPS) is 10.3. The molecule has 5 heteroatoms. The van der Waals surface area contributed by atoms with Crippen molar-refractivity contribution in [3.63, 3.8) is 0 Å². The van der Waals surface area contributed by atoms with Gasteiger partial charge in [-0.1, -0.05) is 30.7 Å². The topological polar surface area (TPSA) is 49.8 Å². The molecule has 0 radical (unpaired) electrons. The summed E-state index contributed by atoms with van der Waals surface area (Å²) < 4.78 is 0. The molecule has 1 aromatic carbocycles. The van der Waals surface area contributed by atoms with Crippen LogP contribution in [0.15, 0.2) is 36.5 Å². The fraction of sp³-hybridized carbons (Fsp3) is 0.333. The lowest BCUT2D eigenvalue weighted by molar-refractivity contribution is 0.953. The van der Waals surface area contributed by atoms with Gasteiger partial charge in [0, 0.05) is 24.3 Å². The summed E-state index contributed by atoms with van der Waals surface area (Å²) in [5, 5.41) is 7.23. The van der Waals surface area contributed by atoms with Gasteiger partial charge in [-0.05, 0) is 36.6 Å². The summed E-state index contributed by atoms with van der Waals surface area (Å²) in [5.41, 5.74) is 1.20. The molecule has 2 N–H and O–H groups in total. The zero-order valence-electron chi connectivity index (χ0n) is 11.6. The quantitative estimate of drug-likeness (QED) is 0.818. The number of rotatable bonds is 7. The van der Waals surface area contributed by atoms with Gasteiger partial charge in [-0.3, -0.25) is 0 Å². The number of hydrogen-bond donors (Lipinski definition) is 2. The van der Waals surface area contributed by atoms with Gasteiger partial charge in [0.25, 0.3) is 0 Å². The standard InChI is InChI=1S/C15H19ClN4/c1-2-8-17-14-7-10-19-15(20-14)18-9-6-12-4-3-5-13(16)11-12/h3-5,7,10-11H,2,6,8-9H2,1H3,(H2,17,18,19,20). The van der Waals surface area contributed by atoms with Crippen molar-refractivity contribution in [2.24, 2.45) is 0 Å². The van der Waals surface area contributed by atoms with E-state index in [1.807, 2.05) is 24.3 Å². The van der Waals surface area contributed by atoms with Crippen molar-refractivity contribution >= 4 is 23.4 Å². The van der Waals surface area contributed by atoms with Crippen molar-refractivity contribution in [1.29, 1.82) is 0 Å². The Morgan fingerprint density at radius 3 is 2.85 bits per heavy atom. The zero-order chi connectivity index (χ0) is 14.2. The van der Waals surface area contributed by atoms with Crippen LogP contribution in [0, 0.1) is 0 Å². The van der Waals surface area contributed by atoms with Gasteiger partial charge < -0.3 is 10.6 Å². The summed E-state index contributed by atoms with van der Waals surface area (Å²) in [4.78, 5) is 8.61. The first kappa shape index (κ1) is 14.6. The Morgan fingerprint density at radius 2 is 2.05 bits per heavy atom. The van der Waals surface area contributed by atoms with E-state index in [4.69, 9.17) is 11.6 Å². The number of nitrogens with one attached hydrogen (secondary N) is 2. The van der Waals surface area contributed by atoms with E-state index in [0.717, 1.165) is 36.8 Å². The van der Waals surface area contributed by atoms with E-state index in [1.54, 1.807) is 6.20 Å². The van der Waals surface area contributed by atoms with E-state index in [9.17, 15) is 0 Å². The minimum absolute atomic E-state index is 0.646. The van der Waals surface area contributed by atoms with Crippen LogP contribution < -0.4 is 10.6 Å². The molecule has 0 atom stereocenters. The maximum atomic E-state index is 5.96. The second-order valence-corrected chi connectivity index (χ2v) is 4.94. The molecule has 0 fully saturated rings. The first-order chi connectivity index (χ1) is 9.78. The molecule has 20 heavy (non-hydrogen) atoms. The highest BCUT2D eigenvalue weighted by molar-refractivity contribution is 6.30. The molecule has 0 aliphatic carbocycles. The molecule has 0 aliphatic heterocycles. The van der Waals surface area contributed by atoms with Crippen molar-refractivity contribution in [1.82, 2.24) is 9.97 Å². The molecule has 0 bridgehead atoms. The number of benzene rings is 1. The van der Waals surface area contributed by atoms with Gasteiger partial charge >= 0.3 is 0 Å². The molecule has 0 spiro atoms. The second kappa shape index (κ2) is 7.70. The summed E-state index contributed by atoms with van der Waals surface area (Å²) >= 11 is 5.96. The molecule has 0 unspecified atom stereocenters. The van der Waals surface area contributed by atoms with E-state index < -0.39 is 0 Å². The molecule has 106 valence electrons. The molecular formula is C15H19ClN4. The highest BCUT2D eigenvalue weighted by Gasteiger charge is 1.99. The van der Waals surface area contributed by atoms with Crippen LogP contribution in [0.25, 0.3) is 0 Å². The highest BCUT2D eigenvalue weighted by Crippen LogP contribution is 2.11. The van der Waals surface area contributed by atoms with Crippen LogP contribution in [0.3, 0.4) is 0 Å². The Balaban J connectivity index is 1.84. The van der Waals surface area contributed by atoms with Crippen LogP contribution >= 0.6 is 11.6 Å². The van der Waals surface area contributed by atoms with Gasteiger partial charge in [-0.2, -0.15) is 4.98 Å². The van der Waals surface area contributed by atoms with E-state index >= 15 is 0 Å². The molecule has 0 amide bonds. The average molecular weight is 291 g/mol. The number of anilines is 2. The van der Waals surface area contributed by atoms with Crippen molar-refractivity contribution in [3.8, 4) is 0 Å². The van der Waals surface area contributed by atoms with Gasteiger partial charge in [-0.15, -0.1) is 0 Å². The van der Waals surface area contributed by atoms with Gasteiger partial charge in [0.1, 0.15) is 5.82 Å². The van der Waals surface area contributed by atoms with Crippen LogP contribution in [0.4, 0.5) is 11.8 Å². The predicted octanol–water partition coefficient (Wildman–Crippen LogP) is 3.61. The van der Waals surface area contributed by atoms with Gasteiger partial charge in [-0.25, -0.2) is 4.98 Å². The van der Waals surface area contributed by atoms with Gasteiger partial charge in [0.2, 0.25) is 5.95 Å². The zero-order valence-corrected chi connectivity index (χ0v) is 12.3. The Morgan fingerprint density at radius 1 is 1.15 bits per heavy atom. The number of hydrogen-bond acceptors (Lipinski definition) is 4. The molecule has 1 heterocycles. The Labute approximate surface area is 124 Å². The van der Waals surface area contributed by atoms with Crippen LogP contribution in [0.5, 0.6) is 0 Å². The van der Waals surface area contributed by atoms with Crippen molar-refractivity contribution < 1.29 is 0 Å². The van der Waals surface area contributed by atoms with Crippen LogP contribution in [0.2, 0.25) is 5.02 Å². The van der Waals surface area contributed by atoms with Crippen LogP contribution in [0.1, 0.15) is 18.9 Å². The fourth-order valence-electron chi connectivity index (χ4n) is 1.81. The fourth-order valence-corrected chi connectivity index (χ4v) is 2.02. The second-order valence-electron chi connectivity index (χ2n) is 4.50. The Hall–Kier alpha value is -1.81. The highest BCUT2D eigenvalue weighted by atomic mass is 35.5. The van der Waals surface area contributed by atoms with Gasteiger partial charge in [0.15, 0.2) is 0 Å². The third-order valence-corrected chi connectivity index (χ3v) is 3.03. The summed E-state index contributed by atoms with van der Waals surface area (Å²) in [6.45, 7) is 3.81. The average Bonchev–Trinajstić information content (AvgIpc) is 2.46. The molecule has 0 saturated heterocycles. The van der Waals surface area contributed by atoms with Gasteiger partial charge in [0.05, 0.1) is 0 Å². The Bertz CT molecular complexity index is 545. The van der Waals surface area contributed by atoms with Crippen molar-refractivity contribution in [3.05, 3.63) is 47.1 Å². The minimum atomic E-state index is 0.646. The summed E-state index contributed by atoms with van der Waals surface area (Å²) in [6, 6.07) is 9.75. The number of nitrogens with zero attached hydrogens (tertiary/aromatic N) is 2. The lowest BCUT2D eigenvalue weighted by Gasteiger charge is -2.07. The molecule has 2 aromatic rings.